The van der Waals surface area contributed by atoms with Crippen LogP contribution in [-0.2, 0) is 21.6 Å². The van der Waals surface area contributed by atoms with Crippen LogP contribution in [0.5, 0.6) is 0 Å². The Hall–Kier alpha value is -0.324. The molecule has 0 aliphatic heterocycles. The van der Waals surface area contributed by atoms with Crippen molar-refractivity contribution in [3.05, 3.63) is 22.9 Å². The summed E-state index contributed by atoms with van der Waals surface area (Å²) in [6.45, 7) is 1.08. The van der Waals surface area contributed by atoms with Crippen molar-refractivity contribution < 1.29 is 26.7 Å². The Morgan fingerprint density at radius 2 is 1.70 bits per heavy atom. The van der Waals surface area contributed by atoms with Crippen molar-refractivity contribution >= 4 is 17.3 Å². The van der Waals surface area contributed by atoms with Gasteiger partial charge in [-0.05, 0) is 10.8 Å². The molecule has 0 atom stereocenters. The number of aliphatic carboxylic acids is 1. The molecule has 59 valence electrons. The number of thiophene rings is 1. The van der Waals surface area contributed by atoms with Crippen LogP contribution >= 0.6 is 11.3 Å². The van der Waals surface area contributed by atoms with Gasteiger partial charge in [0.25, 0.3) is 5.97 Å². The molecule has 1 aromatic rings. The zero-order valence-corrected chi connectivity index (χ0v) is 7.26. The van der Waals surface area contributed by atoms with E-state index in [4.69, 9.17) is 9.90 Å². The molecule has 0 amide bonds. The van der Waals surface area contributed by atoms with E-state index in [2.05, 4.69) is 0 Å². The van der Waals surface area contributed by atoms with Gasteiger partial charge in [-0.1, -0.05) is 12.1 Å². The van der Waals surface area contributed by atoms with Gasteiger partial charge < -0.3 is 5.11 Å². The van der Waals surface area contributed by atoms with Crippen LogP contribution in [0.25, 0.3) is 0 Å². The molecule has 0 aromatic carbocycles. The fraction of sp³-hybridized carbons (Fsp3) is 0.167. The van der Waals surface area contributed by atoms with Crippen molar-refractivity contribution in [2.24, 2.45) is 0 Å². The first-order valence-corrected chi connectivity index (χ1v) is 3.34. The third-order valence-corrected chi connectivity index (χ3v) is 1.05. The van der Waals surface area contributed by atoms with Crippen molar-refractivity contribution in [3.8, 4) is 0 Å². The molecule has 0 fully saturated rings. The summed E-state index contributed by atoms with van der Waals surface area (Å²) >= 11 is 1.71. The van der Waals surface area contributed by atoms with E-state index < -0.39 is 5.97 Å². The van der Waals surface area contributed by atoms with Crippen LogP contribution in [0.4, 0.5) is 0 Å². The van der Waals surface area contributed by atoms with Crippen LogP contribution in [0, 0.1) is 0 Å². The predicted octanol–water partition coefficient (Wildman–Crippen LogP) is 1.84. The third kappa shape index (κ3) is 15.6. The summed E-state index contributed by atoms with van der Waals surface area (Å²) in [7, 11) is 0. The fourth-order valence-electron chi connectivity index (χ4n) is 0.227. The monoisotopic (exact) mass is 203 g/mol. The second kappa shape index (κ2) is 8.68. The van der Waals surface area contributed by atoms with Gasteiger partial charge in [0.15, 0.2) is 0 Å². The molecule has 4 heteroatoms. The van der Waals surface area contributed by atoms with Gasteiger partial charge in [0.05, 0.1) is 0 Å². The zero-order chi connectivity index (χ0) is 7.11. The van der Waals surface area contributed by atoms with Crippen molar-refractivity contribution in [3.63, 3.8) is 0 Å². The first-order valence-electron chi connectivity index (χ1n) is 2.40. The molecule has 10 heavy (non-hydrogen) atoms. The van der Waals surface area contributed by atoms with E-state index in [1.54, 1.807) is 11.3 Å². The summed E-state index contributed by atoms with van der Waals surface area (Å²) in [6, 6.07) is 4.04. The van der Waals surface area contributed by atoms with Crippen LogP contribution in [0.2, 0.25) is 0 Å². The minimum absolute atomic E-state index is 0. The summed E-state index contributed by atoms with van der Waals surface area (Å²) in [6.07, 6.45) is 0. The number of hydrogen-bond donors (Lipinski definition) is 1. The third-order valence-electron chi connectivity index (χ3n) is 0.425. The molecule has 0 bridgehead atoms. The molecule has 0 unspecified atom stereocenters. The van der Waals surface area contributed by atoms with Gasteiger partial charge in [0.2, 0.25) is 0 Å². The Labute approximate surface area is 74.1 Å². The first kappa shape index (κ1) is 12.4. The van der Waals surface area contributed by atoms with Gasteiger partial charge in [-0.15, -0.1) is 0 Å². The molecular weight excluding hydrogens is 195 g/mol. The second-order valence-corrected chi connectivity index (χ2v) is 2.13. The summed E-state index contributed by atoms with van der Waals surface area (Å²) < 4.78 is 0. The van der Waals surface area contributed by atoms with Gasteiger partial charge >= 0.3 is 0 Å². The Morgan fingerprint density at radius 1 is 1.40 bits per heavy atom. The summed E-state index contributed by atoms with van der Waals surface area (Å²) in [4.78, 5) is 9.00. The molecule has 0 spiro atoms. The maximum atomic E-state index is 9.00. The number of carboxylic acids is 1. The second-order valence-electron chi connectivity index (χ2n) is 1.31. The predicted molar refractivity (Wildman–Crippen MR) is 37.6 cm³/mol. The maximum absolute atomic E-state index is 9.00. The molecule has 0 saturated heterocycles. The summed E-state index contributed by atoms with van der Waals surface area (Å²) in [5.41, 5.74) is 0. The number of rotatable bonds is 0. The topological polar surface area (TPSA) is 37.3 Å². The molecule has 1 N–H and O–H groups in total. The average molecular weight is 203 g/mol. The molecule has 2 nitrogen and oxygen atoms in total. The van der Waals surface area contributed by atoms with Crippen LogP contribution < -0.4 is 0 Å². The largest absolute Gasteiger partial charge is 0.481 e. The molecule has 1 radical (unpaired) electrons. The van der Waals surface area contributed by atoms with Gasteiger partial charge in [0, 0.05) is 23.7 Å². The van der Waals surface area contributed by atoms with Gasteiger partial charge in [-0.2, -0.15) is 11.3 Å². The maximum Gasteiger partial charge on any atom is 0.300 e. The van der Waals surface area contributed by atoms with E-state index in [1.165, 1.54) is 0 Å². The molecule has 0 aliphatic carbocycles. The molecule has 1 rings (SSSR count). The van der Waals surface area contributed by atoms with Crippen molar-refractivity contribution in [2.45, 2.75) is 6.92 Å². The normalized spacial score (nSPS) is 6.50. The van der Waals surface area contributed by atoms with E-state index in [1.807, 2.05) is 22.9 Å². The average Bonchev–Trinajstić information content (AvgIpc) is 2.11. The molecular formula is C6H8CoO2S. The van der Waals surface area contributed by atoms with E-state index in [-0.39, 0.29) is 16.8 Å². The Bertz CT molecular complexity index is 130. The summed E-state index contributed by atoms with van der Waals surface area (Å²) in [5, 5.41) is 11.5. The summed E-state index contributed by atoms with van der Waals surface area (Å²) in [5.74, 6) is -0.833. The van der Waals surface area contributed by atoms with Gasteiger partial charge in [-0.3, -0.25) is 4.79 Å². The number of carbonyl (C=O) groups is 1. The van der Waals surface area contributed by atoms with Crippen molar-refractivity contribution in [2.75, 3.05) is 0 Å². The standard InChI is InChI=1S/C4H4S.C2H4O2.Co/c1-2-4-5-3-1;1-2(3)4;/h1-4H;1H3,(H,3,4);. The van der Waals surface area contributed by atoms with Crippen molar-refractivity contribution in [1.29, 1.82) is 0 Å². The van der Waals surface area contributed by atoms with Crippen LogP contribution in [-0.4, -0.2) is 11.1 Å². The van der Waals surface area contributed by atoms with Gasteiger partial charge in [0.1, 0.15) is 0 Å². The SMILES string of the molecule is CC(=O)O.[Co].c1ccsc1. The number of hydrogen-bond acceptors (Lipinski definition) is 2. The smallest absolute Gasteiger partial charge is 0.300 e. The zero-order valence-electron chi connectivity index (χ0n) is 5.41. The molecule has 0 saturated carbocycles. The Balaban J connectivity index is 0. The Kier molecular flexibility index (Phi) is 10.7. The first-order chi connectivity index (χ1) is 4.23. The van der Waals surface area contributed by atoms with Gasteiger partial charge in [-0.25, -0.2) is 0 Å². The van der Waals surface area contributed by atoms with Crippen LogP contribution in [0.3, 0.4) is 0 Å². The minimum Gasteiger partial charge on any atom is -0.481 e. The van der Waals surface area contributed by atoms with E-state index in [0.29, 0.717) is 0 Å². The van der Waals surface area contributed by atoms with E-state index >= 15 is 0 Å². The fourth-order valence-corrected chi connectivity index (χ4v) is 0.680. The molecule has 1 heterocycles. The van der Waals surface area contributed by atoms with Crippen molar-refractivity contribution in [1.82, 2.24) is 0 Å². The number of carboxylic acid groups (broad SMARTS) is 1. The molecule has 0 aliphatic rings. The minimum atomic E-state index is -0.833. The van der Waals surface area contributed by atoms with E-state index in [9.17, 15) is 0 Å². The Morgan fingerprint density at radius 3 is 1.80 bits per heavy atom. The molecule has 1 aromatic heterocycles. The van der Waals surface area contributed by atoms with Crippen LogP contribution in [0.15, 0.2) is 22.9 Å². The van der Waals surface area contributed by atoms with Crippen LogP contribution in [0.1, 0.15) is 6.92 Å². The quantitative estimate of drug-likeness (QED) is 0.698. The van der Waals surface area contributed by atoms with E-state index in [0.717, 1.165) is 6.92 Å².